The van der Waals surface area contributed by atoms with Crippen LogP contribution in [0.3, 0.4) is 0 Å². The fourth-order valence-corrected chi connectivity index (χ4v) is 1.58. The number of benzene rings is 1. The number of halogens is 2. The van der Waals surface area contributed by atoms with Crippen molar-refractivity contribution in [2.75, 3.05) is 0 Å². The largest absolute Gasteiger partial charge is 0.477 e. The molecular weight excluding hydrogens is 240 g/mol. The number of aromatic nitrogens is 1. The van der Waals surface area contributed by atoms with E-state index in [1.807, 2.05) is 0 Å². The minimum Gasteiger partial charge on any atom is -0.477 e. The molecule has 0 radical (unpaired) electrons. The Morgan fingerprint density at radius 1 is 1.17 bits per heavy atom. The second-order valence-electron chi connectivity index (χ2n) is 3.66. The molecular formula is C13H9F2NO2. The number of hydrogen-bond acceptors (Lipinski definition) is 2. The van der Waals surface area contributed by atoms with E-state index < -0.39 is 12.4 Å². The van der Waals surface area contributed by atoms with Crippen LogP contribution >= 0.6 is 0 Å². The van der Waals surface area contributed by atoms with Crippen LogP contribution in [0.5, 0.6) is 0 Å². The molecule has 1 N–H and O–H groups in total. The Labute approximate surface area is 102 Å². The minimum atomic E-state index is -2.55. The van der Waals surface area contributed by atoms with E-state index in [4.69, 9.17) is 5.11 Å². The van der Waals surface area contributed by atoms with Gasteiger partial charge in [0, 0.05) is 11.8 Å². The van der Waals surface area contributed by atoms with E-state index in [0.29, 0.717) is 11.1 Å². The van der Waals surface area contributed by atoms with Crippen molar-refractivity contribution in [1.82, 2.24) is 4.98 Å². The molecule has 1 aromatic heterocycles. The number of hydrogen-bond donors (Lipinski definition) is 1. The smallest absolute Gasteiger partial charge is 0.354 e. The van der Waals surface area contributed by atoms with Crippen LogP contribution in [-0.4, -0.2) is 16.1 Å². The molecule has 0 atom stereocenters. The zero-order valence-electron chi connectivity index (χ0n) is 9.18. The molecule has 2 aromatic rings. The van der Waals surface area contributed by atoms with E-state index in [-0.39, 0.29) is 11.3 Å². The predicted molar refractivity (Wildman–Crippen MR) is 61.6 cm³/mol. The van der Waals surface area contributed by atoms with Crippen LogP contribution in [-0.2, 0) is 0 Å². The summed E-state index contributed by atoms with van der Waals surface area (Å²) in [5.74, 6) is -1.15. The van der Waals surface area contributed by atoms with E-state index in [1.165, 1.54) is 30.5 Å². The Morgan fingerprint density at radius 2 is 1.89 bits per heavy atom. The lowest BCUT2D eigenvalue weighted by molar-refractivity contribution is 0.0690. The topological polar surface area (TPSA) is 50.2 Å². The van der Waals surface area contributed by atoms with Crippen LogP contribution < -0.4 is 0 Å². The molecule has 0 fully saturated rings. The number of alkyl halides is 2. The maximum Gasteiger partial charge on any atom is 0.354 e. The lowest BCUT2D eigenvalue weighted by Gasteiger charge is -2.05. The average Bonchev–Trinajstić information content (AvgIpc) is 2.39. The Balaban J connectivity index is 2.45. The number of nitrogens with zero attached hydrogens (tertiary/aromatic N) is 1. The first-order valence-electron chi connectivity index (χ1n) is 5.16. The molecule has 0 aliphatic carbocycles. The number of aromatic carboxylic acids is 1. The molecule has 0 aliphatic rings. The summed E-state index contributed by atoms with van der Waals surface area (Å²) in [6.07, 6.45) is -1.21. The number of rotatable bonds is 3. The van der Waals surface area contributed by atoms with Gasteiger partial charge in [-0.2, -0.15) is 0 Å². The summed E-state index contributed by atoms with van der Waals surface area (Å²) in [4.78, 5) is 14.5. The van der Waals surface area contributed by atoms with Gasteiger partial charge >= 0.3 is 5.97 Å². The van der Waals surface area contributed by atoms with Gasteiger partial charge in [0.05, 0.1) is 0 Å². The summed E-state index contributed by atoms with van der Waals surface area (Å²) in [6.45, 7) is 0. The van der Waals surface area contributed by atoms with Crippen molar-refractivity contribution in [1.29, 1.82) is 0 Å². The van der Waals surface area contributed by atoms with Crippen molar-refractivity contribution < 1.29 is 18.7 Å². The summed E-state index contributed by atoms with van der Waals surface area (Å²) in [5, 5.41) is 8.82. The van der Waals surface area contributed by atoms with Gasteiger partial charge in [0.25, 0.3) is 6.43 Å². The highest BCUT2D eigenvalue weighted by molar-refractivity contribution is 5.87. The van der Waals surface area contributed by atoms with Crippen LogP contribution in [0.15, 0.2) is 42.6 Å². The molecule has 1 heterocycles. The van der Waals surface area contributed by atoms with Crippen molar-refractivity contribution in [2.45, 2.75) is 6.43 Å². The predicted octanol–water partition coefficient (Wildman–Crippen LogP) is 3.38. The molecule has 92 valence electrons. The number of carbonyl (C=O) groups is 1. The van der Waals surface area contributed by atoms with Crippen LogP contribution in [0, 0.1) is 0 Å². The molecule has 0 amide bonds. The third-order valence-corrected chi connectivity index (χ3v) is 2.45. The van der Waals surface area contributed by atoms with Crippen LogP contribution in [0.2, 0.25) is 0 Å². The molecule has 18 heavy (non-hydrogen) atoms. The lowest BCUT2D eigenvalue weighted by Crippen LogP contribution is -1.99. The van der Waals surface area contributed by atoms with Gasteiger partial charge in [0.2, 0.25) is 0 Å². The highest BCUT2D eigenvalue weighted by atomic mass is 19.3. The average molecular weight is 249 g/mol. The molecule has 0 spiro atoms. The van der Waals surface area contributed by atoms with E-state index in [2.05, 4.69) is 4.98 Å². The van der Waals surface area contributed by atoms with Crippen LogP contribution in [0.4, 0.5) is 8.78 Å². The standard InChI is InChI=1S/C13H9F2NO2/c14-12(15)10-3-1-2-8(6-10)9-4-5-16-11(7-9)13(17)18/h1-7,12H,(H,17,18). The Hall–Kier alpha value is -2.30. The van der Waals surface area contributed by atoms with Gasteiger partial charge in [-0.15, -0.1) is 0 Å². The van der Waals surface area contributed by atoms with Crippen LogP contribution in [0.25, 0.3) is 11.1 Å². The van der Waals surface area contributed by atoms with Gasteiger partial charge in [-0.25, -0.2) is 18.6 Å². The van der Waals surface area contributed by atoms with E-state index >= 15 is 0 Å². The Bertz CT molecular complexity index is 585. The second kappa shape index (κ2) is 4.91. The number of carboxylic acids is 1. The van der Waals surface area contributed by atoms with Crippen molar-refractivity contribution in [2.24, 2.45) is 0 Å². The van der Waals surface area contributed by atoms with Gasteiger partial charge in [-0.05, 0) is 29.3 Å². The molecule has 5 heteroatoms. The molecule has 0 saturated carbocycles. The molecule has 0 saturated heterocycles. The van der Waals surface area contributed by atoms with Gasteiger partial charge in [0.1, 0.15) is 5.69 Å². The van der Waals surface area contributed by atoms with Gasteiger partial charge < -0.3 is 5.11 Å². The summed E-state index contributed by atoms with van der Waals surface area (Å²) < 4.78 is 25.1. The zero-order chi connectivity index (χ0) is 13.1. The first kappa shape index (κ1) is 12.2. The van der Waals surface area contributed by atoms with E-state index in [1.54, 1.807) is 12.1 Å². The van der Waals surface area contributed by atoms with Crippen molar-refractivity contribution in [3.8, 4) is 11.1 Å². The molecule has 0 bridgehead atoms. The minimum absolute atomic E-state index is 0.0961. The summed E-state index contributed by atoms with van der Waals surface area (Å²) in [7, 11) is 0. The maximum absolute atomic E-state index is 12.6. The van der Waals surface area contributed by atoms with E-state index in [9.17, 15) is 13.6 Å². The molecule has 3 nitrogen and oxygen atoms in total. The van der Waals surface area contributed by atoms with Gasteiger partial charge in [0.15, 0.2) is 0 Å². The first-order chi connectivity index (χ1) is 8.58. The summed E-state index contributed by atoms with van der Waals surface area (Å²) in [6, 6.07) is 8.76. The zero-order valence-corrected chi connectivity index (χ0v) is 9.18. The van der Waals surface area contributed by atoms with Crippen molar-refractivity contribution >= 4 is 5.97 Å². The molecule has 2 rings (SSSR count). The normalized spacial score (nSPS) is 10.6. The van der Waals surface area contributed by atoms with Gasteiger partial charge in [-0.3, -0.25) is 0 Å². The molecule has 0 unspecified atom stereocenters. The highest BCUT2D eigenvalue weighted by Crippen LogP contribution is 2.25. The first-order valence-corrected chi connectivity index (χ1v) is 5.16. The quantitative estimate of drug-likeness (QED) is 0.907. The third kappa shape index (κ3) is 2.51. The highest BCUT2D eigenvalue weighted by Gasteiger charge is 2.10. The monoisotopic (exact) mass is 249 g/mol. The summed E-state index contributed by atoms with van der Waals surface area (Å²) in [5.41, 5.74) is 0.874. The second-order valence-corrected chi connectivity index (χ2v) is 3.66. The Morgan fingerprint density at radius 3 is 2.56 bits per heavy atom. The van der Waals surface area contributed by atoms with E-state index in [0.717, 1.165) is 0 Å². The van der Waals surface area contributed by atoms with Crippen molar-refractivity contribution in [3.05, 3.63) is 53.9 Å². The summed E-state index contributed by atoms with van der Waals surface area (Å²) >= 11 is 0. The fourth-order valence-electron chi connectivity index (χ4n) is 1.58. The Kier molecular flexibility index (Phi) is 3.32. The van der Waals surface area contributed by atoms with Gasteiger partial charge in [-0.1, -0.05) is 18.2 Å². The van der Waals surface area contributed by atoms with Crippen molar-refractivity contribution in [3.63, 3.8) is 0 Å². The van der Waals surface area contributed by atoms with Crippen LogP contribution in [0.1, 0.15) is 22.5 Å². The maximum atomic E-state index is 12.6. The molecule has 1 aromatic carbocycles. The number of carboxylic acid groups (broad SMARTS) is 1. The third-order valence-electron chi connectivity index (χ3n) is 2.45. The molecule has 0 aliphatic heterocycles. The SMILES string of the molecule is O=C(O)c1cc(-c2cccc(C(F)F)c2)ccn1. The number of pyridine rings is 1. The lowest BCUT2D eigenvalue weighted by atomic mass is 10.0. The fraction of sp³-hybridized carbons (Fsp3) is 0.0769.